The maximum absolute atomic E-state index is 4.24. The third-order valence-electron chi connectivity index (χ3n) is 5.74. The van der Waals surface area contributed by atoms with Gasteiger partial charge in [0.15, 0.2) is 0 Å². The van der Waals surface area contributed by atoms with E-state index in [4.69, 9.17) is 0 Å². The largest absolute Gasteiger partial charge is 0.133 e. The Labute approximate surface area is 221 Å². The van der Waals surface area contributed by atoms with Gasteiger partial charge in [-0.3, -0.25) is 0 Å². The lowest BCUT2D eigenvalue weighted by atomic mass is 9.70. The van der Waals surface area contributed by atoms with E-state index < -0.39 is 16.2 Å². The minimum atomic E-state index is -0.580. The highest BCUT2D eigenvalue weighted by Gasteiger charge is 2.80. The molecule has 0 spiro atoms. The second-order valence-corrected chi connectivity index (χ2v) is 17.7. The first-order valence-corrected chi connectivity index (χ1v) is 14.0. The maximum atomic E-state index is 4.24. The average molecular weight is 870 g/mol. The van der Waals surface area contributed by atoms with Gasteiger partial charge in [-0.1, -0.05) is 147 Å². The fraction of sp³-hybridized carbons (Fsp3) is 0.444. The van der Waals surface area contributed by atoms with Crippen molar-refractivity contribution in [2.24, 2.45) is 5.41 Å². The van der Waals surface area contributed by atoms with Crippen molar-refractivity contribution < 1.29 is 0 Å². The fourth-order valence-corrected chi connectivity index (χ4v) is 12.5. The molecule has 0 saturated heterocycles. The summed E-state index contributed by atoms with van der Waals surface area (Å²) >= 11 is 31.9. The van der Waals surface area contributed by atoms with Crippen LogP contribution >= 0.6 is 127 Å². The molecule has 0 heterocycles. The molecule has 3 rings (SSSR count). The Bertz CT molecular complexity index is 836. The molecule has 0 aromatic heterocycles. The van der Waals surface area contributed by atoms with E-state index in [-0.39, 0.29) is 5.41 Å². The molecule has 0 bridgehead atoms. The van der Waals surface area contributed by atoms with E-state index in [1.807, 2.05) is 6.07 Å². The van der Waals surface area contributed by atoms with Crippen LogP contribution in [0.5, 0.6) is 0 Å². The van der Waals surface area contributed by atoms with Crippen LogP contribution in [0.25, 0.3) is 0 Å². The van der Waals surface area contributed by atoms with Crippen LogP contribution in [0.2, 0.25) is 0 Å². The third-order valence-corrected chi connectivity index (χ3v) is 18.8. The van der Waals surface area contributed by atoms with Gasteiger partial charge in [0.25, 0.3) is 0 Å². The van der Waals surface area contributed by atoms with Crippen molar-refractivity contribution in [3.63, 3.8) is 0 Å². The van der Waals surface area contributed by atoms with Crippen LogP contribution in [-0.4, -0.2) is 10.8 Å². The number of fused-ring (bicyclic) bond motifs is 1. The summed E-state index contributed by atoms with van der Waals surface area (Å²) in [6.07, 6.45) is 0. The topological polar surface area (TPSA) is 0 Å². The first kappa shape index (κ1) is 23.2. The SMILES string of the molecule is CC1(C)C2=C(Br)C(Br)=C(Br)C(Br)(Br)C2(Br)C(C)(c2ccccc2)C1(Br)Br. The van der Waals surface area contributed by atoms with Crippen LogP contribution in [0, 0.1) is 5.41 Å². The minimum absolute atomic E-state index is 0.251. The number of rotatable bonds is 1. The zero-order valence-corrected chi connectivity index (χ0v) is 26.6. The smallest absolute Gasteiger partial charge is 0.0764 e. The standard InChI is InChI=1S/C18H14Br8/c1-14(2)12-10(19)11(20)13(21)17(23,24)16(12,22)15(3,18(14,25)26)9-7-5-4-6-8-9/h4-8H,1-3H3. The summed E-state index contributed by atoms with van der Waals surface area (Å²) in [5.74, 6) is 0. The summed E-state index contributed by atoms with van der Waals surface area (Å²) in [5, 5.41) is 0. The summed E-state index contributed by atoms with van der Waals surface area (Å²) in [5.41, 5.74) is 1.82. The van der Waals surface area contributed by atoms with Crippen molar-refractivity contribution >= 4 is 127 Å². The van der Waals surface area contributed by atoms with Crippen molar-refractivity contribution in [3.05, 3.63) is 54.9 Å². The third kappa shape index (κ3) is 2.54. The highest BCUT2D eigenvalue weighted by molar-refractivity contribution is 9.27. The van der Waals surface area contributed by atoms with Crippen LogP contribution in [0.1, 0.15) is 26.3 Å². The maximum Gasteiger partial charge on any atom is 0.133 e. The van der Waals surface area contributed by atoms with Crippen molar-refractivity contribution in [1.29, 1.82) is 0 Å². The van der Waals surface area contributed by atoms with E-state index in [0.717, 1.165) is 13.4 Å². The molecule has 1 aromatic rings. The number of hydrogen-bond donors (Lipinski definition) is 0. The number of benzene rings is 1. The zero-order valence-electron chi connectivity index (χ0n) is 13.9. The van der Waals surface area contributed by atoms with Crippen LogP contribution in [0.4, 0.5) is 0 Å². The van der Waals surface area contributed by atoms with Crippen LogP contribution in [-0.2, 0) is 5.41 Å². The predicted molar refractivity (Wildman–Crippen MR) is 141 cm³/mol. The number of allylic oxidation sites excluding steroid dienone is 4. The Kier molecular flexibility index (Phi) is 6.27. The van der Waals surface area contributed by atoms with Gasteiger partial charge in [0.05, 0.1) is 4.32 Å². The summed E-state index contributed by atoms with van der Waals surface area (Å²) in [6, 6.07) is 10.6. The van der Waals surface area contributed by atoms with E-state index in [2.05, 4.69) is 172 Å². The van der Waals surface area contributed by atoms with Gasteiger partial charge in [0.1, 0.15) is 6.47 Å². The van der Waals surface area contributed by atoms with Gasteiger partial charge < -0.3 is 0 Å². The molecule has 8 heteroatoms. The second kappa shape index (κ2) is 7.03. The predicted octanol–water partition coefficient (Wildman–Crippen LogP) is 9.75. The molecule has 0 amide bonds. The van der Waals surface area contributed by atoms with E-state index in [1.165, 1.54) is 11.1 Å². The molecule has 2 aliphatic rings. The molecule has 1 aromatic carbocycles. The average Bonchev–Trinajstić information content (AvgIpc) is 2.67. The summed E-state index contributed by atoms with van der Waals surface area (Å²) in [4.78, 5) is 0. The number of hydrogen-bond acceptors (Lipinski definition) is 0. The highest BCUT2D eigenvalue weighted by atomic mass is 79.9. The van der Waals surface area contributed by atoms with E-state index >= 15 is 0 Å². The van der Waals surface area contributed by atoms with Crippen molar-refractivity contribution in [2.45, 2.75) is 37.0 Å². The van der Waals surface area contributed by atoms with Crippen molar-refractivity contribution in [1.82, 2.24) is 0 Å². The first-order valence-electron chi connectivity index (χ1n) is 7.67. The number of halogens is 8. The lowest BCUT2D eigenvalue weighted by molar-refractivity contribution is 0.355. The lowest BCUT2D eigenvalue weighted by Gasteiger charge is -2.52. The van der Waals surface area contributed by atoms with E-state index in [9.17, 15) is 0 Å². The molecular weight excluding hydrogens is 855 g/mol. The normalized spacial score (nSPS) is 34.9. The second-order valence-electron chi connectivity index (χ2n) is 7.24. The highest BCUT2D eigenvalue weighted by Crippen LogP contribution is 2.81. The molecule has 2 atom stereocenters. The molecule has 1 saturated carbocycles. The van der Waals surface area contributed by atoms with E-state index in [0.29, 0.717) is 0 Å². The van der Waals surface area contributed by atoms with Gasteiger partial charge in [-0.05, 0) is 43.0 Å². The Balaban J connectivity index is 2.54. The van der Waals surface area contributed by atoms with Crippen LogP contribution < -0.4 is 0 Å². The van der Waals surface area contributed by atoms with Gasteiger partial charge in [-0.25, -0.2) is 0 Å². The molecule has 142 valence electrons. The van der Waals surface area contributed by atoms with Gasteiger partial charge in [0, 0.05) is 24.3 Å². The Morgan fingerprint density at radius 1 is 0.731 bits per heavy atom. The van der Waals surface area contributed by atoms with Crippen LogP contribution in [0.15, 0.2) is 49.4 Å². The lowest BCUT2D eigenvalue weighted by Crippen LogP contribution is -2.58. The van der Waals surface area contributed by atoms with Crippen LogP contribution in [0.3, 0.4) is 0 Å². The van der Waals surface area contributed by atoms with Gasteiger partial charge in [-0.2, -0.15) is 0 Å². The summed E-state index contributed by atoms with van der Waals surface area (Å²) < 4.78 is 1.48. The number of alkyl halides is 5. The molecule has 2 unspecified atom stereocenters. The zero-order chi connectivity index (χ0) is 19.9. The van der Waals surface area contributed by atoms with Gasteiger partial charge in [0.2, 0.25) is 0 Å². The molecule has 0 aliphatic heterocycles. The van der Waals surface area contributed by atoms with Gasteiger partial charge >= 0.3 is 0 Å². The molecule has 0 nitrogen and oxygen atoms in total. The van der Waals surface area contributed by atoms with Gasteiger partial charge in [-0.15, -0.1) is 0 Å². The van der Waals surface area contributed by atoms with Crippen molar-refractivity contribution in [3.8, 4) is 0 Å². The Morgan fingerprint density at radius 3 is 1.73 bits per heavy atom. The Morgan fingerprint density at radius 2 is 1.23 bits per heavy atom. The quantitative estimate of drug-likeness (QED) is 0.247. The molecule has 0 radical (unpaired) electrons. The molecule has 26 heavy (non-hydrogen) atoms. The van der Waals surface area contributed by atoms with Crippen molar-refractivity contribution in [2.75, 3.05) is 0 Å². The van der Waals surface area contributed by atoms with E-state index in [1.54, 1.807) is 0 Å². The fourth-order valence-electron chi connectivity index (χ4n) is 4.22. The molecule has 0 N–H and O–H groups in total. The first-order chi connectivity index (χ1) is 11.7. The molecule has 2 aliphatic carbocycles. The molecule has 1 fully saturated rings. The minimum Gasteiger partial charge on any atom is -0.0764 e. The summed E-state index contributed by atoms with van der Waals surface area (Å²) in [7, 11) is 0. The Hall–Kier alpha value is 2.54. The molecular formula is C18H14Br8. The summed E-state index contributed by atoms with van der Waals surface area (Å²) in [6.45, 7) is 6.80. The monoisotopic (exact) mass is 861 g/mol.